The van der Waals surface area contributed by atoms with E-state index in [-0.39, 0.29) is 5.56 Å². The summed E-state index contributed by atoms with van der Waals surface area (Å²) in [7, 11) is 0. The first-order valence-electron chi connectivity index (χ1n) is 7.44. The van der Waals surface area contributed by atoms with Gasteiger partial charge >= 0.3 is 0 Å². The number of pyridine rings is 2. The molecular formula is C16H17N5O. The van der Waals surface area contributed by atoms with E-state index in [0.717, 1.165) is 48.3 Å². The van der Waals surface area contributed by atoms with Crippen molar-refractivity contribution in [3.8, 4) is 11.1 Å². The van der Waals surface area contributed by atoms with Crippen LogP contribution in [0, 0.1) is 0 Å². The largest absolute Gasteiger partial charge is 0.368 e. The van der Waals surface area contributed by atoms with E-state index >= 15 is 0 Å². The van der Waals surface area contributed by atoms with E-state index in [1.807, 2.05) is 18.5 Å². The lowest BCUT2D eigenvalue weighted by molar-refractivity contribution is 0.590. The molecule has 6 nitrogen and oxygen atoms in total. The summed E-state index contributed by atoms with van der Waals surface area (Å²) >= 11 is 0. The lowest BCUT2D eigenvalue weighted by Crippen LogP contribution is -2.43. The number of aromatic amines is 2. The number of nitrogens with zero attached hydrogens (tertiary/aromatic N) is 2. The third-order valence-electron chi connectivity index (χ3n) is 4.10. The van der Waals surface area contributed by atoms with Crippen LogP contribution in [0.1, 0.15) is 0 Å². The molecule has 0 unspecified atom stereocenters. The quantitative estimate of drug-likeness (QED) is 0.666. The van der Waals surface area contributed by atoms with Gasteiger partial charge in [0.2, 0.25) is 5.56 Å². The molecule has 1 aliphatic rings. The lowest BCUT2D eigenvalue weighted by atomic mass is 10.1. The molecule has 0 saturated carbocycles. The smallest absolute Gasteiger partial charge is 0.248 e. The molecule has 0 aliphatic carbocycles. The maximum atomic E-state index is 11.6. The van der Waals surface area contributed by atoms with E-state index in [4.69, 9.17) is 0 Å². The Bertz CT molecular complexity index is 860. The molecule has 4 rings (SSSR count). The minimum absolute atomic E-state index is 0.0977. The van der Waals surface area contributed by atoms with E-state index in [2.05, 4.69) is 31.2 Å². The van der Waals surface area contributed by atoms with Crippen LogP contribution in [-0.2, 0) is 0 Å². The van der Waals surface area contributed by atoms with Crippen molar-refractivity contribution in [1.82, 2.24) is 20.3 Å². The van der Waals surface area contributed by atoms with Gasteiger partial charge < -0.3 is 20.2 Å². The minimum Gasteiger partial charge on any atom is -0.368 e. The van der Waals surface area contributed by atoms with Crippen molar-refractivity contribution in [3.05, 3.63) is 47.1 Å². The Morgan fingerprint density at radius 3 is 2.82 bits per heavy atom. The maximum Gasteiger partial charge on any atom is 0.248 e. The van der Waals surface area contributed by atoms with Gasteiger partial charge in [0, 0.05) is 61.8 Å². The SMILES string of the molecule is O=c1cc(-c2c[nH]c3nccc(N4CCNCC4)c23)cc[nH]1. The van der Waals surface area contributed by atoms with Crippen molar-refractivity contribution in [2.24, 2.45) is 0 Å². The number of fused-ring (bicyclic) bond motifs is 1. The lowest BCUT2D eigenvalue weighted by Gasteiger charge is -2.30. The molecule has 0 amide bonds. The molecule has 4 heterocycles. The second-order valence-corrected chi connectivity index (χ2v) is 5.43. The molecule has 0 bridgehead atoms. The highest BCUT2D eigenvalue weighted by Gasteiger charge is 2.17. The highest BCUT2D eigenvalue weighted by atomic mass is 16.1. The Morgan fingerprint density at radius 1 is 1.14 bits per heavy atom. The van der Waals surface area contributed by atoms with E-state index in [0.29, 0.717) is 0 Å². The first kappa shape index (κ1) is 13.1. The fraction of sp³-hybridized carbons (Fsp3) is 0.250. The third kappa shape index (κ3) is 2.17. The van der Waals surface area contributed by atoms with Gasteiger partial charge in [0.25, 0.3) is 0 Å². The van der Waals surface area contributed by atoms with Gasteiger partial charge in [0.1, 0.15) is 5.65 Å². The molecule has 3 N–H and O–H groups in total. The van der Waals surface area contributed by atoms with Crippen molar-refractivity contribution >= 4 is 16.7 Å². The van der Waals surface area contributed by atoms with E-state index < -0.39 is 0 Å². The number of nitrogens with one attached hydrogen (secondary N) is 3. The van der Waals surface area contributed by atoms with Crippen LogP contribution in [0.5, 0.6) is 0 Å². The molecule has 0 radical (unpaired) electrons. The fourth-order valence-corrected chi connectivity index (χ4v) is 3.05. The minimum atomic E-state index is -0.0977. The number of hydrogen-bond acceptors (Lipinski definition) is 4. The first-order chi connectivity index (χ1) is 10.8. The average Bonchev–Trinajstić information content (AvgIpc) is 3.00. The second kappa shape index (κ2) is 5.31. The topological polar surface area (TPSA) is 76.8 Å². The van der Waals surface area contributed by atoms with Gasteiger partial charge in [-0.25, -0.2) is 4.98 Å². The Morgan fingerprint density at radius 2 is 2.00 bits per heavy atom. The second-order valence-electron chi connectivity index (χ2n) is 5.43. The van der Waals surface area contributed by atoms with E-state index in [9.17, 15) is 4.79 Å². The fourth-order valence-electron chi connectivity index (χ4n) is 3.05. The Balaban J connectivity index is 1.91. The molecule has 0 aromatic carbocycles. The van der Waals surface area contributed by atoms with Crippen LogP contribution in [0.3, 0.4) is 0 Å². The van der Waals surface area contributed by atoms with Gasteiger partial charge in [0.05, 0.1) is 5.69 Å². The zero-order chi connectivity index (χ0) is 14.9. The molecule has 3 aromatic heterocycles. The molecule has 1 aliphatic heterocycles. The number of anilines is 1. The van der Waals surface area contributed by atoms with Crippen molar-refractivity contribution < 1.29 is 0 Å². The van der Waals surface area contributed by atoms with Gasteiger partial charge in [-0.05, 0) is 17.7 Å². The molecule has 1 fully saturated rings. The van der Waals surface area contributed by atoms with Crippen LogP contribution < -0.4 is 15.8 Å². The van der Waals surface area contributed by atoms with Gasteiger partial charge in [0.15, 0.2) is 0 Å². The molecule has 6 heteroatoms. The van der Waals surface area contributed by atoms with Crippen LogP contribution in [0.15, 0.2) is 41.6 Å². The van der Waals surface area contributed by atoms with Crippen LogP contribution in [0.2, 0.25) is 0 Å². The summed E-state index contributed by atoms with van der Waals surface area (Å²) in [6.07, 6.45) is 5.44. The molecule has 112 valence electrons. The number of hydrogen-bond donors (Lipinski definition) is 3. The number of H-pyrrole nitrogens is 2. The highest BCUT2D eigenvalue weighted by Crippen LogP contribution is 2.34. The molecule has 0 spiro atoms. The summed E-state index contributed by atoms with van der Waals surface area (Å²) < 4.78 is 0. The number of rotatable bonds is 2. The van der Waals surface area contributed by atoms with Crippen LogP contribution in [-0.4, -0.2) is 41.1 Å². The Hall–Kier alpha value is -2.60. The van der Waals surface area contributed by atoms with Crippen LogP contribution in [0.25, 0.3) is 22.2 Å². The Kier molecular flexibility index (Phi) is 3.16. The van der Waals surface area contributed by atoms with Crippen LogP contribution >= 0.6 is 0 Å². The first-order valence-corrected chi connectivity index (χ1v) is 7.44. The van der Waals surface area contributed by atoms with Gasteiger partial charge in [-0.3, -0.25) is 4.79 Å². The maximum absolute atomic E-state index is 11.6. The van der Waals surface area contributed by atoms with Gasteiger partial charge in [-0.1, -0.05) is 0 Å². The third-order valence-corrected chi connectivity index (χ3v) is 4.10. The van der Waals surface area contributed by atoms with Gasteiger partial charge in [-0.15, -0.1) is 0 Å². The zero-order valence-corrected chi connectivity index (χ0v) is 12.1. The van der Waals surface area contributed by atoms with Crippen LogP contribution in [0.4, 0.5) is 5.69 Å². The molecule has 3 aromatic rings. The standard InChI is InChI=1S/C16H17N5O/c22-14-9-11(1-3-18-14)12-10-20-16-15(12)13(2-4-19-16)21-7-5-17-6-8-21/h1-4,9-10,17H,5-8H2,(H,18,22)(H,19,20). The van der Waals surface area contributed by atoms with Crippen molar-refractivity contribution in [3.63, 3.8) is 0 Å². The summed E-state index contributed by atoms with van der Waals surface area (Å²) in [5.41, 5.74) is 3.84. The van der Waals surface area contributed by atoms with Crippen molar-refractivity contribution in [2.75, 3.05) is 31.1 Å². The number of piperazine rings is 1. The molecule has 0 atom stereocenters. The van der Waals surface area contributed by atoms with E-state index in [1.165, 1.54) is 5.69 Å². The number of aromatic nitrogens is 3. The zero-order valence-electron chi connectivity index (χ0n) is 12.1. The van der Waals surface area contributed by atoms with Gasteiger partial charge in [-0.2, -0.15) is 0 Å². The Labute approximate surface area is 127 Å². The summed E-state index contributed by atoms with van der Waals surface area (Å²) in [5.74, 6) is 0. The normalized spacial score (nSPS) is 15.4. The summed E-state index contributed by atoms with van der Waals surface area (Å²) in [6.45, 7) is 3.90. The summed E-state index contributed by atoms with van der Waals surface area (Å²) in [6, 6.07) is 5.59. The molecular weight excluding hydrogens is 278 g/mol. The predicted octanol–water partition coefficient (Wildman–Crippen LogP) is 1.33. The predicted molar refractivity (Wildman–Crippen MR) is 87.2 cm³/mol. The monoisotopic (exact) mass is 295 g/mol. The average molecular weight is 295 g/mol. The van der Waals surface area contributed by atoms with E-state index in [1.54, 1.807) is 12.3 Å². The summed E-state index contributed by atoms with van der Waals surface area (Å²) in [5, 5.41) is 4.45. The van der Waals surface area contributed by atoms with Crippen molar-refractivity contribution in [2.45, 2.75) is 0 Å². The molecule has 1 saturated heterocycles. The molecule has 22 heavy (non-hydrogen) atoms. The highest BCUT2D eigenvalue weighted by molar-refractivity contribution is 6.02. The van der Waals surface area contributed by atoms with Crippen molar-refractivity contribution in [1.29, 1.82) is 0 Å². The summed E-state index contributed by atoms with van der Waals surface area (Å²) in [4.78, 5) is 24.3.